The average Bonchev–Trinajstić information content (AvgIpc) is 2.65. The molecule has 0 radical (unpaired) electrons. The van der Waals surface area contributed by atoms with Crippen molar-refractivity contribution in [2.45, 2.75) is 45.3 Å². The third-order valence-electron chi connectivity index (χ3n) is 4.22. The van der Waals surface area contributed by atoms with Crippen LogP contribution in [0, 0.1) is 0 Å². The molecule has 2 rings (SSSR count). The Balaban J connectivity index is 2.09. The second kappa shape index (κ2) is 9.23. The summed E-state index contributed by atoms with van der Waals surface area (Å²) in [4.78, 5) is 42.1. The van der Waals surface area contributed by atoms with Gasteiger partial charge in [-0.15, -0.1) is 0 Å². The molecule has 0 unspecified atom stereocenters. The minimum Gasteiger partial charge on any atom is -0.464 e. The predicted octanol–water partition coefficient (Wildman–Crippen LogP) is -0.323. The van der Waals surface area contributed by atoms with Crippen LogP contribution in [-0.4, -0.2) is 76.9 Å². The molecule has 1 saturated heterocycles. The van der Waals surface area contributed by atoms with Gasteiger partial charge in [-0.2, -0.15) is 0 Å². The molecule has 2 heterocycles. The fourth-order valence-electron chi connectivity index (χ4n) is 2.91. The average molecular weight is 407 g/mol. The zero-order valence-electron chi connectivity index (χ0n) is 17.0. The number of carbonyl (C=O) groups excluding carboxylic acids is 3. The van der Waals surface area contributed by atoms with Gasteiger partial charge in [0.05, 0.1) is 7.11 Å². The Morgan fingerprint density at radius 2 is 1.97 bits per heavy atom. The van der Waals surface area contributed by atoms with Crippen LogP contribution in [0.15, 0.2) is 12.1 Å². The van der Waals surface area contributed by atoms with Gasteiger partial charge in [-0.05, 0) is 39.7 Å². The van der Waals surface area contributed by atoms with Crippen molar-refractivity contribution in [3.63, 3.8) is 0 Å². The number of likely N-dealkylation sites (tertiary alicyclic amines) is 1. The Labute approximate surface area is 169 Å². The summed E-state index contributed by atoms with van der Waals surface area (Å²) in [5, 5.41) is 21.5. The SMILES string of the molecule is COC(=O)c1nc(C(=O)N[C@H]2CCCN(C(=O)OC(C)(C)C)C2)ccc1B(O)O. The highest BCUT2D eigenvalue weighted by Crippen LogP contribution is 2.16. The van der Waals surface area contributed by atoms with Crippen LogP contribution in [0.3, 0.4) is 0 Å². The van der Waals surface area contributed by atoms with Gasteiger partial charge in [0, 0.05) is 24.6 Å². The first kappa shape index (κ1) is 22.6. The second-order valence-electron chi connectivity index (χ2n) is 7.74. The minimum absolute atomic E-state index is 0.0795. The Hall–Kier alpha value is -2.66. The molecule has 29 heavy (non-hydrogen) atoms. The van der Waals surface area contributed by atoms with Crippen LogP contribution in [0.25, 0.3) is 0 Å². The second-order valence-corrected chi connectivity index (χ2v) is 7.74. The molecule has 1 fully saturated rings. The Kier molecular flexibility index (Phi) is 7.20. The van der Waals surface area contributed by atoms with Gasteiger partial charge in [0.25, 0.3) is 5.91 Å². The van der Waals surface area contributed by atoms with E-state index in [2.05, 4.69) is 15.0 Å². The van der Waals surface area contributed by atoms with Crippen LogP contribution >= 0.6 is 0 Å². The zero-order valence-corrected chi connectivity index (χ0v) is 17.0. The largest absolute Gasteiger partial charge is 0.490 e. The number of nitrogens with one attached hydrogen (secondary N) is 1. The van der Waals surface area contributed by atoms with Crippen molar-refractivity contribution in [3.05, 3.63) is 23.5 Å². The summed E-state index contributed by atoms with van der Waals surface area (Å²) in [5.41, 5.74) is -1.21. The number of piperidine rings is 1. The minimum atomic E-state index is -1.94. The third kappa shape index (κ3) is 6.16. The lowest BCUT2D eigenvalue weighted by Crippen LogP contribution is -2.50. The molecule has 0 bridgehead atoms. The van der Waals surface area contributed by atoms with E-state index in [4.69, 9.17) is 4.74 Å². The molecule has 1 aromatic heterocycles. The van der Waals surface area contributed by atoms with Crippen molar-refractivity contribution in [2.75, 3.05) is 20.2 Å². The number of pyridine rings is 1. The summed E-state index contributed by atoms with van der Waals surface area (Å²) < 4.78 is 9.95. The van der Waals surface area contributed by atoms with Gasteiger partial charge < -0.3 is 29.7 Å². The Bertz CT molecular complexity index is 779. The summed E-state index contributed by atoms with van der Waals surface area (Å²) in [6.45, 7) is 6.18. The quantitative estimate of drug-likeness (QED) is 0.456. The fraction of sp³-hybridized carbons (Fsp3) is 0.556. The van der Waals surface area contributed by atoms with Crippen molar-refractivity contribution >= 4 is 30.6 Å². The lowest BCUT2D eigenvalue weighted by Gasteiger charge is -2.34. The molecule has 1 aliphatic heterocycles. The van der Waals surface area contributed by atoms with Gasteiger partial charge in [-0.1, -0.05) is 6.07 Å². The molecule has 3 N–H and O–H groups in total. The van der Waals surface area contributed by atoms with E-state index in [1.807, 2.05) is 0 Å². The van der Waals surface area contributed by atoms with E-state index >= 15 is 0 Å². The van der Waals surface area contributed by atoms with Crippen molar-refractivity contribution in [1.29, 1.82) is 0 Å². The first-order chi connectivity index (χ1) is 13.5. The monoisotopic (exact) mass is 407 g/mol. The van der Waals surface area contributed by atoms with Crippen LogP contribution in [0.2, 0.25) is 0 Å². The maximum absolute atomic E-state index is 12.6. The highest BCUT2D eigenvalue weighted by molar-refractivity contribution is 6.60. The molecular formula is C18H26BN3O7. The number of hydrogen-bond acceptors (Lipinski definition) is 8. The third-order valence-corrected chi connectivity index (χ3v) is 4.22. The highest BCUT2D eigenvalue weighted by atomic mass is 16.6. The van der Waals surface area contributed by atoms with E-state index in [1.54, 1.807) is 20.8 Å². The summed E-state index contributed by atoms with van der Waals surface area (Å²) in [6.07, 6.45) is 0.923. The van der Waals surface area contributed by atoms with E-state index in [0.717, 1.165) is 7.11 Å². The van der Waals surface area contributed by atoms with Crippen LogP contribution in [0.5, 0.6) is 0 Å². The normalized spacial score (nSPS) is 16.8. The smallest absolute Gasteiger partial charge is 0.464 e. The highest BCUT2D eigenvalue weighted by Gasteiger charge is 2.29. The molecule has 1 aromatic rings. The van der Waals surface area contributed by atoms with Gasteiger partial charge >= 0.3 is 19.2 Å². The van der Waals surface area contributed by atoms with E-state index < -0.39 is 30.7 Å². The maximum Gasteiger partial charge on any atom is 0.490 e. The lowest BCUT2D eigenvalue weighted by atomic mass is 9.79. The number of ether oxygens (including phenoxy) is 2. The van der Waals surface area contributed by atoms with Gasteiger partial charge in [0.15, 0.2) is 0 Å². The van der Waals surface area contributed by atoms with Gasteiger partial charge in [0.1, 0.15) is 17.0 Å². The zero-order chi connectivity index (χ0) is 21.8. The number of esters is 1. The molecule has 1 atom stereocenters. The van der Waals surface area contributed by atoms with Crippen molar-refractivity contribution in [2.24, 2.45) is 0 Å². The van der Waals surface area contributed by atoms with E-state index in [9.17, 15) is 24.4 Å². The van der Waals surface area contributed by atoms with Crippen LogP contribution in [0.1, 0.15) is 54.6 Å². The number of nitrogens with zero attached hydrogens (tertiary/aromatic N) is 2. The standard InChI is InChI=1S/C18H26BN3O7/c1-18(2,3)29-17(25)22-9-5-6-11(10-22)20-15(23)13-8-7-12(19(26)27)14(21-13)16(24)28-4/h7-8,11,26-27H,5-6,9-10H2,1-4H3,(H,20,23)/t11-/m0/s1. The van der Waals surface area contributed by atoms with Crippen LogP contribution < -0.4 is 10.8 Å². The van der Waals surface area contributed by atoms with Gasteiger partial charge in [-0.25, -0.2) is 14.6 Å². The summed E-state index contributed by atoms with van der Waals surface area (Å²) in [5.74, 6) is -1.44. The molecule has 158 valence electrons. The number of carbonyl (C=O) groups is 3. The van der Waals surface area contributed by atoms with Gasteiger partial charge in [0.2, 0.25) is 0 Å². The summed E-state index contributed by atoms with van der Waals surface area (Å²) in [7, 11) is -0.813. The summed E-state index contributed by atoms with van der Waals surface area (Å²) >= 11 is 0. The van der Waals surface area contributed by atoms with E-state index in [1.165, 1.54) is 17.0 Å². The van der Waals surface area contributed by atoms with E-state index in [0.29, 0.717) is 19.4 Å². The van der Waals surface area contributed by atoms with Crippen LogP contribution in [0.4, 0.5) is 4.79 Å². The molecule has 0 saturated carbocycles. The number of hydrogen-bond donors (Lipinski definition) is 3. The first-order valence-electron chi connectivity index (χ1n) is 9.26. The van der Waals surface area contributed by atoms with Crippen molar-refractivity contribution in [3.8, 4) is 0 Å². The van der Waals surface area contributed by atoms with Crippen molar-refractivity contribution in [1.82, 2.24) is 15.2 Å². The molecule has 0 aliphatic carbocycles. The number of amides is 2. The maximum atomic E-state index is 12.6. The Morgan fingerprint density at radius 3 is 2.55 bits per heavy atom. The summed E-state index contributed by atoms with van der Waals surface area (Å²) in [6, 6.07) is 2.20. The molecule has 0 aromatic carbocycles. The molecular weight excluding hydrogens is 381 g/mol. The van der Waals surface area contributed by atoms with Gasteiger partial charge in [-0.3, -0.25) is 4.79 Å². The molecule has 11 heteroatoms. The molecule has 0 spiro atoms. The Morgan fingerprint density at radius 1 is 1.28 bits per heavy atom. The van der Waals surface area contributed by atoms with Crippen LogP contribution in [-0.2, 0) is 9.47 Å². The van der Waals surface area contributed by atoms with Crippen molar-refractivity contribution < 1.29 is 33.9 Å². The lowest BCUT2D eigenvalue weighted by molar-refractivity contribution is 0.0185. The topological polar surface area (TPSA) is 138 Å². The fourth-order valence-corrected chi connectivity index (χ4v) is 2.91. The number of aromatic nitrogens is 1. The molecule has 2 amide bonds. The predicted molar refractivity (Wildman–Crippen MR) is 104 cm³/mol. The molecule has 10 nitrogen and oxygen atoms in total. The number of rotatable bonds is 4. The molecule has 1 aliphatic rings. The first-order valence-corrected chi connectivity index (χ1v) is 9.26. The van der Waals surface area contributed by atoms with E-state index in [-0.39, 0.29) is 29.4 Å². The number of methoxy groups -OCH3 is 1.